The van der Waals surface area contributed by atoms with Gasteiger partial charge >= 0.3 is 0 Å². The second-order valence-electron chi connectivity index (χ2n) is 5.07. The van der Waals surface area contributed by atoms with Crippen LogP contribution in [0.3, 0.4) is 0 Å². The molecule has 4 nitrogen and oxygen atoms in total. The molecule has 1 aromatic carbocycles. The van der Waals surface area contributed by atoms with Crippen molar-refractivity contribution >= 4 is 34.2 Å². The number of halogens is 2. The van der Waals surface area contributed by atoms with Gasteiger partial charge in [-0.05, 0) is 50.0 Å². The van der Waals surface area contributed by atoms with Crippen LogP contribution in [-0.4, -0.2) is 32.1 Å². The summed E-state index contributed by atoms with van der Waals surface area (Å²) < 4.78 is 6.52. The zero-order valence-electron chi connectivity index (χ0n) is 11.9. The molecule has 0 saturated carbocycles. The molecule has 0 aromatic heterocycles. The van der Waals surface area contributed by atoms with Crippen molar-refractivity contribution in [2.75, 3.05) is 26.2 Å². The van der Waals surface area contributed by atoms with Crippen LogP contribution in [0.5, 0.6) is 5.75 Å². The quantitative estimate of drug-likeness (QED) is 0.801. The summed E-state index contributed by atoms with van der Waals surface area (Å²) in [6, 6.07) is 7.63. The topological polar surface area (TPSA) is 50.4 Å². The first-order valence-corrected chi connectivity index (χ1v) is 7.89. The molecule has 1 heterocycles. The molecule has 6 heteroatoms. The molecule has 2 rings (SSSR count). The largest absolute Gasteiger partial charge is 0.493 e. The number of piperidine rings is 1. The molecule has 1 aliphatic rings. The molecule has 1 atom stereocenters. The third kappa shape index (κ3) is 7.16. The lowest BCUT2D eigenvalue weighted by molar-refractivity contribution is -0.121. The Morgan fingerprint density at radius 3 is 3.05 bits per heavy atom. The van der Waals surface area contributed by atoms with E-state index in [1.165, 1.54) is 12.8 Å². The molecule has 0 bridgehead atoms. The Morgan fingerprint density at radius 1 is 1.48 bits per heavy atom. The average molecular weight is 378 g/mol. The first-order valence-electron chi connectivity index (χ1n) is 7.10. The fraction of sp³-hybridized carbons (Fsp3) is 0.533. The van der Waals surface area contributed by atoms with Crippen LogP contribution in [0.2, 0.25) is 0 Å². The Labute approximate surface area is 140 Å². The first kappa shape index (κ1) is 18.3. The van der Waals surface area contributed by atoms with Crippen molar-refractivity contribution in [3.63, 3.8) is 0 Å². The molecule has 1 saturated heterocycles. The van der Waals surface area contributed by atoms with E-state index in [0.717, 1.165) is 29.9 Å². The minimum atomic E-state index is 0. The highest BCUT2D eigenvalue weighted by molar-refractivity contribution is 9.10. The maximum atomic E-state index is 11.7. The fourth-order valence-corrected chi connectivity index (χ4v) is 2.64. The highest BCUT2D eigenvalue weighted by atomic mass is 79.9. The summed E-state index contributed by atoms with van der Waals surface area (Å²) in [6.07, 6.45) is 2.79. The minimum Gasteiger partial charge on any atom is -0.493 e. The van der Waals surface area contributed by atoms with Crippen LogP contribution in [-0.2, 0) is 4.79 Å². The molecule has 118 valence electrons. The van der Waals surface area contributed by atoms with E-state index >= 15 is 0 Å². The number of carbonyl (C=O) groups is 1. The lowest BCUT2D eigenvalue weighted by Crippen LogP contribution is -2.38. The van der Waals surface area contributed by atoms with Gasteiger partial charge in [0, 0.05) is 11.0 Å². The van der Waals surface area contributed by atoms with E-state index in [1.54, 1.807) is 0 Å². The number of amides is 1. The van der Waals surface area contributed by atoms with Crippen LogP contribution in [0.25, 0.3) is 0 Å². The molecule has 0 spiro atoms. The van der Waals surface area contributed by atoms with Crippen molar-refractivity contribution in [2.24, 2.45) is 5.92 Å². The molecular formula is C15H22BrClN2O2. The van der Waals surface area contributed by atoms with Crippen molar-refractivity contribution in [3.8, 4) is 5.75 Å². The van der Waals surface area contributed by atoms with Crippen LogP contribution >= 0.6 is 28.3 Å². The molecule has 1 aromatic rings. The number of benzene rings is 1. The van der Waals surface area contributed by atoms with Crippen LogP contribution < -0.4 is 15.4 Å². The highest BCUT2D eigenvalue weighted by Crippen LogP contribution is 2.17. The van der Waals surface area contributed by atoms with Gasteiger partial charge in [0.25, 0.3) is 0 Å². The lowest BCUT2D eigenvalue weighted by Gasteiger charge is -2.22. The molecule has 1 fully saturated rings. The zero-order valence-corrected chi connectivity index (χ0v) is 14.3. The third-order valence-electron chi connectivity index (χ3n) is 3.38. The molecule has 2 N–H and O–H groups in total. The van der Waals surface area contributed by atoms with Crippen molar-refractivity contribution in [2.45, 2.75) is 19.3 Å². The molecule has 0 radical (unpaired) electrons. The number of rotatable bonds is 6. The summed E-state index contributed by atoms with van der Waals surface area (Å²) >= 11 is 3.39. The fourth-order valence-electron chi connectivity index (χ4n) is 2.26. The van der Waals surface area contributed by atoms with Crippen LogP contribution in [0.4, 0.5) is 0 Å². The van der Waals surface area contributed by atoms with E-state index in [9.17, 15) is 4.79 Å². The van der Waals surface area contributed by atoms with E-state index in [4.69, 9.17) is 4.74 Å². The Balaban J connectivity index is 0.00000220. The number of nitrogens with one attached hydrogen (secondary N) is 2. The van der Waals surface area contributed by atoms with Gasteiger partial charge in [0.1, 0.15) is 5.75 Å². The van der Waals surface area contributed by atoms with E-state index in [1.807, 2.05) is 24.3 Å². The second-order valence-corrected chi connectivity index (χ2v) is 5.99. The average Bonchev–Trinajstić information content (AvgIpc) is 2.46. The maximum absolute atomic E-state index is 11.7. The normalized spacial score (nSPS) is 17.7. The second kappa shape index (κ2) is 10.0. The molecule has 1 unspecified atom stereocenters. The zero-order chi connectivity index (χ0) is 14.2. The molecule has 0 aliphatic carbocycles. The van der Waals surface area contributed by atoms with E-state index in [-0.39, 0.29) is 18.3 Å². The van der Waals surface area contributed by atoms with Crippen molar-refractivity contribution < 1.29 is 9.53 Å². The van der Waals surface area contributed by atoms with E-state index in [0.29, 0.717) is 18.9 Å². The third-order valence-corrected chi connectivity index (χ3v) is 3.87. The summed E-state index contributed by atoms with van der Waals surface area (Å²) in [6.45, 7) is 3.29. The summed E-state index contributed by atoms with van der Waals surface area (Å²) in [5.41, 5.74) is 0. The van der Waals surface area contributed by atoms with Gasteiger partial charge < -0.3 is 15.4 Å². The number of ether oxygens (including phenoxy) is 1. The van der Waals surface area contributed by atoms with Crippen LogP contribution in [0.15, 0.2) is 28.7 Å². The number of hydrogen-bond donors (Lipinski definition) is 2. The van der Waals surface area contributed by atoms with Crippen molar-refractivity contribution in [3.05, 3.63) is 28.7 Å². The minimum absolute atomic E-state index is 0. The summed E-state index contributed by atoms with van der Waals surface area (Å²) in [5, 5.41) is 6.33. The van der Waals surface area contributed by atoms with Gasteiger partial charge in [-0.25, -0.2) is 0 Å². The Hall–Kier alpha value is -0.780. The van der Waals surface area contributed by atoms with Crippen LogP contribution in [0.1, 0.15) is 19.3 Å². The monoisotopic (exact) mass is 376 g/mol. The summed E-state index contributed by atoms with van der Waals surface area (Å²) in [5.74, 6) is 1.41. The standard InChI is InChI=1S/C15H21BrN2O2.ClH/c16-13-4-1-5-14(9-13)20-8-6-15(19)18-11-12-3-2-7-17-10-12;/h1,4-5,9,12,17H,2-3,6-8,10-11H2,(H,18,19);1H. The van der Waals surface area contributed by atoms with Gasteiger partial charge in [-0.2, -0.15) is 0 Å². The van der Waals surface area contributed by atoms with Gasteiger partial charge in [-0.3, -0.25) is 4.79 Å². The molecule has 21 heavy (non-hydrogen) atoms. The predicted molar refractivity (Wildman–Crippen MR) is 90.1 cm³/mol. The van der Waals surface area contributed by atoms with Crippen LogP contribution in [0, 0.1) is 5.92 Å². The van der Waals surface area contributed by atoms with Gasteiger partial charge in [-0.1, -0.05) is 22.0 Å². The van der Waals surface area contributed by atoms with Crippen molar-refractivity contribution in [1.29, 1.82) is 0 Å². The SMILES string of the molecule is Cl.O=C(CCOc1cccc(Br)c1)NCC1CCCNC1. The number of carbonyl (C=O) groups excluding carboxylic acids is 1. The van der Waals surface area contributed by atoms with Gasteiger partial charge in [0.05, 0.1) is 13.0 Å². The van der Waals surface area contributed by atoms with Gasteiger partial charge in [-0.15, -0.1) is 12.4 Å². The molecular weight excluding hydrogens is 356 g/mol. The summed E-state index contributed by atoms with van der Waals surface area (Å²) in [4.78, 5) is 11.7. The Morgan fingerprint density at radius 2 is 2.33 bits per heavy atom. The predicted octanol–water partition coefficient (Wildman–Crippen LogP) is 2.76. The number of hydrogen-bond acceptors (Lipinski definition) is 3. The maximum Gasteiger partial charge on any atom is 0.223 e. The van der Waals surface area contributed by atoms with E-state index < -0.39 is 0 Å². The van der Waals surface area contributed by atoms with Gasteiger partial charge in [0.2, 0.25) is 5.91 Å². The summed E-state index contributed by atoms with van der Waals surface area (Å²) in [7, 11) is 0. The van der Waals surface area contributed by atoms with E-state index in [2.05, 4.69) is 26.6 Å². The Bertz CT molecular complexity index is 439. The van der Waals surface area contributed by atoms with Crippen molar-refractivity contribution in [1.82, 2.24) is 10.6 Å². The smallest absolute Gasteiger partial charge is 0.223 e. The highest BCUT2D eigenvalue weighted by Gasteiger charge is 2.13. The molecule has 1 aliphatic heterocycles. The molecule has 1 amide bonds. The Kier molecular flexibility index (Phi) is 8.73. The first-order chi connectivity index (χ1) is 9.74. The van der Waals surface area contributed by atoms with Gasteiger partial charge in [0.15, 0.2) is 0 Å². The lowest BCUT2D eigenvalue weighted by atomic mass is 10.00.